The third kappa shape index (κ3) is 7.45. The zero-order chi connectivity index (χ0) is 39.2. The van der Waals surface area contributed by atoms with Gasteiger partial charge in [-0.25, -0.2) is 0 Å². The fourth-order valence-corrected chi connectivity index (χ4v) is 6.28. The van der Waals surface area contributed by atoms with Gasteiger partial charge >= 0.3 is 0 Å². The van der Waals surface area contributed by atoms with E-state index in [1.54, 1.807) is 0 Å². The summed E-state index contributed by atoms with van der Waals surface area (Å²) in [5.41, 5.74) is -1.38. The van der Waals surface area contributed by atoms with Gasteiger partial charge in [0.05, 0.1) is 19.8 Å². The lowest BCUT2D eigenvalue weighted by molar-refractivity contribution is -0.358. The van der Waals surface area contributed by atoms with Gasteiger partial charge in [-0.1, -0.05) is 0 Å². The highest BCUT2D eigenvalue weighted by Gasteiger charge is 2.52. The Kier molecular flexibility index (Phi) is 11.9. The maximum Gasteiger partial charge on any atom is 0.239 e. The molecule has 0 bridgehead atoms. The third-order valence-electron chi connectivity index (χ3n) is 9.33. The van der Waals surface area contributed by atoms with E-state index in [2.05, 4.69) is 0 Å². The van der Waals surface area contributed by atoms with Gasteiger partial charge in [-0.15, -0.1) is 0 Å². The smallest absolute Gasteiger partial charge is 0.239 e. The van der Waals surface area contributed by atoms with E-state index in [9.17, 15) is 71.2 Å². The minimum Gasteiger partial charge on any atom is -0.508 e. The van der Waals surface area contributed by atoms with Gasteiger partial charge in [-0.3, -0.25) is 4.79 Å². The number of fused-ring (bicyclic) bond motifs is 1. The maximum absolute atomic E-state index is 14.2. The maximum atomic E-state index is 14.2. The molecule has 13 N–H and O–H groups in total. The lowest BCUT2D eigenvalue weighted by atomic mass is 9.97. The summed E-state index contributed by atoms with van der Waals surface area (Å²) < 4.78 is 39.6. The van der Waals surface area contributed by atoms with Crippen molar-refractivity contribution >= 4 is 11.0 Å². The summed E-state index contributed by atoms with van der Waals surface area (Å²) in [6.07, 6.45) is -26.7. The van der Waals surface area contributed by atoms with Crippen molar-refractivity contribution in [3.8, 4) is 34.3 Å². The van der Waals surface area contributed by atoms with E-state index in [0.29, 0.717) is 0 Å². The number of phenolic OH excluding ortho intramolecular Hbond substituents is 2. The van der Waals surface area contributed by atoms with E-state index in [0.717, 1.165) is 12.1 Å². The van der Waals surface area contributed by atoms with E-state index in [4.69, 9.17) is 32.8 Å². The van der Waals surface area contributed by atoms with Gasteiger partial charge < -0.3 is 99.2 Å². The molecule has 4 heterocycles. The molecule has 3 aliphatic rings. The topological polar surface area (TPSA) is 349 Å². The summed E-state index contributed by atoms with van der Waals surface area (Å²) >= 11 is 0. The van der Waals surface area contributed by atoms with Crippen molar-refractivity contribution in [1.29, 1.82) is 0 Å². The van der Waals surface area contributed by atoms with Crippen molar-refractivity contribution in [2.24, 2.45) is 0 Å². The second kappa shape index (κ2) is 16.2. The van der Waals surface area contributed by atoms with Crippen LogP contribution in [0.3, 0.4) is 0 Å². The van der Waals surface area contributed by atoms with Crippen molar-refractivity contribution < 1.29 is 99.2 Å². The van der Waals surface area contributed by atoms with Crippen LogP contribution in [0.15, 0.2) is 45.6 Å². The molecule has 3 aliphatic heterocycles. The number of phenols is 2. The molecule has 15 atom stereocenters. The zero-order valence-electron chi connectivity index (χ0n) is 27.8. The molecule has 0 unspecified atom stereocenters. The summed E-state index contributed by atoms with van der Waals surface area (Å²) in [6, 6.07) is 7.07. The molecular formula is C33H40O21. The van der Waals surface area contributed by atoms with E-state index in [-0.39, 0.29) is 22.6 Å². The number of ether oxygens (including phenoxy) is 6. The zero-order valence-corrected chi connectivity index (χ0v) is 27.8. The molecule has 0 spiro atoms. The minimum atomic E-state index is -2.01. The fourth-order valence-electron chi connectivity index (χ4n) is 6.28. The van der Waals surface area contributed by atoms with E-state index in [1.165, 1.54) is 24.3 Å². The Morgan fingerprint density at radius 2 is 1.11 bits per heavy atom. The third-order valence-corrected chi connectivity index (χ3v) is 9.33. The number of rotatable bonds is 10. The molecule has 3 aromatic rings. The van der Waals surface area contributed by atoms with Crippen molar-refractivity contribution in [3.63, 3.8) is 0 Å². The van der Waals surface area contributed by atoms with Crippen molar-refractivity contribution in [1.82, 2.24) is 0 Å². The average molecular weight is 773 g/mol. The Bertz CT molecular complexity index is 1800. The minimum absolute atomic E-state index is 0.0723. The Labute approximate surface area is 303 Å². The number of aliphatic hydroxyl groups is 11. The molecule has 0 saturated carbocycles. The second-order valence-corrected chi connectivity index (χ2v) is 12.9. The van der Waals surface area contributed by atoms with Crippen LogP contribution >= 0.6 is 0 Å². The van der Waals surface area contributed by atoms with Crippen LogP contribution in [-0.4, -0.2) is 178 Å². The average Bonchev–Trinajstić information content (AvgIpc) is 3.15. The molecule has 2 aromatic carbocycles. The van der Waals surface area contributed by atoms with E-state index >= 15 is 0 Å². The largest absolute Gasteiger partial charge is 0.508 e. The predicted octanol–water partition coefficient (Wildman–Crippen LogP) is -4.95. The van der Waals surface area contributed by atoms with Crippen molar-refractivity contribution in [2.75, 3.05) is 19.8 Å². The number of benzene rings is 2. The lowest BCUT2D eigenvalue weighted by Crippen LogP contribution is -2.65. The van der Waals surface area contributed by atoms with Gasteiger partial charge in [0.15, 0.2) is 18.2 Å². The molecule has 21 nitrogen and oxygen atoms in total. The van der Waals surface area contributed by atoms with Crippen molar-refractivity contribution in [2.45, 2.75) is 92.1 Å². The van der Waals surface area contributed by atoms with Gasteiger partial charge in [0.2, 0.25) is 23.8 Å². The lowest BCUT2D eigenvalue weighted by Gasteiger charge is -2.45. The van der Waals surface area contributed by atoms with Crippen LogP contribution in [-0.2, 0) is 18.9 Å². The van der Waals surface area contributed by atoms with Crippen LogP contribution in [0.4, 0.5) is 0 Å². The second-order valence-electron chi connectivity index (χ2n) is 12.9. The van der Waals surface area contributed by atoms with Crippen LogP contribution < -0.4 is 14.9 Å². The van der Waals surface area contributed by atoms with Crippen LogP contribution in [0.25, 0.3) is 22.3 Å². The quantitative estimate of drug-likeness (QED) is 0.0918. The first-order chi connectivity index (χ1) is 25.7. The predicted molar refractivity (Wildman–Crippen MR) is 173 cm³/mol. The molecule has 21 heteroatoms. The van der Waals surface area contributed by atoms with Crippen LogP contribution in [0.2, 0.25) is 0 Å². The summed E-state index contributed by atoms with van der Waals surface area (Å²) in [5, 5.41) is 133. The summed E-state index contributed by atoms with van der Waals surface area (Å²) in [6.45, 7) is -2.48. The molecule has 3 fully saturated rings. The standard InChI is InChI=1S/C33H40O21/c34-7-15-19(39)23(43)26(46)31(50-15)48-12-5-13(38)18-14(6-12)49-28(10-1-3-11(37)4-2-10)29(22(18)42)53-33-30(25(45)21(41)17(9-36)52-33)54-32-27(47)24(44)20(40)16(8-35)51-32/h1-6,15-17,19-21,23-27,30-41,43-47H,7-9H2/t15-,16-,17-,19-,20-,21+,23+,24+,25+,26-,27-,30-,31+,32-,33-/m1/s1. The Morgan fingerprint density at radius 3 is 1.69 bits per heavy atom. The SMILES string of the molecule is O=c1c(O[C@H]2O[C@H](CO)[C@H](O)[C@H](O)[C@H]2O[C@H]2O[C@H](CO)[C@@H](O)[C@H](O)[C@H]2O)c(-c2ccc(O)cc2)oc2cc(O[C@H]3O[C@H](CO)[C@@H](O)[C@H](O)[C@H]3O)cc(O)c12. The van der Waals surface area contributed by atoms with Gasteiger partial charge in [-0.05, 0) is 24.3 Å². The van der Waals surface area contributed by atoms with Gasteiger partial charge in [0, 0.05) is 17.7 Å². The molecule has 0 radical (unpaired) electrons. The first-order valence-corrected chi connectivity index (χ1v) is 16.5. The summed E-state index contributed by atoms with van der Waals surface area (Å²) in [4.78, 5) is 14.2. The summed E-state index contributed by atoms with van der Waals surface area (Å²) in [7, 11) is 0. The molecule has 298 valence electrons. The highest BCUT2D eigenvalue weighted by Crippen LogP contribution is 2.39. The van der Waals surface area contributed by atoms with Gasteiger partial charge in [-0.2, -0.15) is 0 Å². The van der Waals surface area contributed by atoms with Gasteiger partial charge in [0.25, 0.3) is 0 Å². The van der Waals surface area contributed by atoms with E-state index in [1.807, 2.05) is 0 Å². The number of hydrogen-bond donors (Lipinski definition) is 13. The molecule has 1 aromatic heterocycles. The highest BCUT2D eigenvalue weighted by atomic mass is 16.8. The molecule has 3 saturated heterocycles. The number of aromatic hydroxyl groups is 2. The molecule has 0 amide bonds. The molecular weight excluding hydrogens is 732 g/mol. The molecule has 0 aliphatic carbocycles. The van der Waals surface area contributed by atoms with Crippen LogP contribution in [0.1, 0.15) is 0 Å². The number of hydrogen-bond acceptors (Lipinski definition) is 21. The Morgan fingerprint density at radius 1 is 0.593 bits per heavy atom. The normalized spacial score (nSPS) is 37.3. The first kappa shape index (κ1) is 39.9. The van der Waals surface area contributed by atoms with Crippen LogP contribution in [0, 0.1) is 0 Å². The van der Waals surface area contributed by atoms with Gasteiger partial charge in [0.1, 0.15) is 95.4 Å². The monoisotopic (exact) mass is 772 g/mol. The van der Waals surface area contributed by atoms with Crippen molar-refractivity contribution in [3.05, 3.63) is 46.6 Å². The molecule has 6 rings (SSSR count). The van der Waals surface area contributed by atoms with E-state index < -0.39 is 140 Å². The Balaban J connectivity index is 1.41. The summed E-state index contributed by atoms with van der Waals surface area (Å²) in [5.74, 6) is -2.38. The Hall–Kier alpha value is -3.75. The number of aliphatic hydroxyl groups excluding tert-OH is 11. The fraction of sp³-hybridized carbons (Fsp3) is 0.545. The highest BCUT2D eigenvalue weighted by molar-refractivity contribution is 5.88. The first-order valence-electron chi connectivity index (χ1n) is 16.5. The van der Waals surface area contributed by atoms with Crippen LogP contribution in [0.5, 0.6) is 23.0 Å². The molecule has 54 heavy (non-hydrogen) atoms.